The summed E-state index contributed by atoms with van der Waals surface area (Å²) in [5.74, 6) is 0.197. The van der Waals surface area contributed by atoms with Crippen LogP contribution in [-0.4, -0.2) is 15.9 Å². The molecule has 0 fully saturated rings. The zero-order valence-electron chi connectivity index (χ0n) is 12.0. The first kappa shape index (κ1) is 15.0. The average Bonchev–Trinajstić information content (AvgIpc) is 2.58. The van der Waals surface area contributed by atoms with Gasteiger partial charge < -0.3 is 10.6 Å². The molecule has 0 saturated heterocycles. The molecule has 0 aliphatic carbocycles. The lowest BCUT2D eigenvalue weighted by Gasteiger charge is -2.08. The molecule has 0 saturated carbocycles. The number of para-hydroxylation sites is 2. The highest BCUT2D eigenvalue weighted by Crippen LogP contribution is 2.23. The Morgan fingerprint density at radius 3 is 2.35 bits per heavy atom. The van der Waals surface area contributed by atoms with Gasteiger partial charge in [-0.15, -0.1) is 0 Å². The molecule has 6 heteroatoms. The fourth-order valence-corrected chi connectivity index (χ4v) is 2.11. The van der Waals surface area contributed by atoms with Gasteiger partial charge in [0.25, 0.3) is 5.91 Å². The predicted octanol–water partition coefficient (Wildman–Crippen LogP) is 4.13. The van der Waals surface area contributed by atoms with E-state index in [1.807, 2.05) is 36.4 Å². The molecule has 3 aromatic rings. The number of nitrogens with one attached hydrogen (secondary N) is 2. The molecule has 0 atom stereocenters. The Hall–Kier alpha value is -2.92. The molecule has 0 aliphatic rings. The fourth-order valence-electron chi connectivity index (χ4n) is 1.93. The number of anilines is 3. The number of carbonyl (C=O) groups excluding carboxylic acids is 1. The Bertz CT molecular complexity index is 806. The molecule has 1 amide bonds. The van der Waals surface area contributed by atoms with Crippen molar-refractivity contribution in [1.82, 2.24) is 9.97 Å². The Morgan fingerprint density at radius 2 is 1.65 bits per heavy atom. The molecule has 1 aromatic heterocycles. The molecule has 23 heavy (non-hydrogen) atoms. The number of hydrogen-bond donors (Lipinski definition) is 2. The van der Waals surface area contributed by atoms with E-state index < -0.39 is 0 Å². The van der Waals surface area contributed by atoms with Crippen LogP contribution in [0.1, 0.15) is 10.5 Å². The Morgan fingerprint density at radius 1 is 0.913 bits per heavy atom. The summed E-state index contributed by atoms with van der Waals surface area (Å²) in [6.45, 7) is 0. The van der Waals surface area contributed by atoms with Crippen molar-refractivity contribution in [3.05, 3.63) is 77.7 Å². The van der Waals surface area contributed by atoms with Gasteiger partial charge >= 0.3 is 0 Å². The van der Waals surface area contributed by atoms with Crippen LogP contribution in [0.5, 0.6) is 0 Å². The quantitative estimate of drug-likeness (QED) is 0.757. The summed E-state index contributed by atoms with van der Waals surface area (Å²) in [4.78, 5) is 20.4. The fraction of sp³-hybridized carbons (Fsp3) is 0. The second-order valence-corrected chi connectivity index (χ2v) is 5.12. The maximum Gasteiger partial charge on any atom is 0.275 e. The summed E-state index contributed by atoms with van der Waals surface area (Å²) < 4.78 is 0. The van der Waals surface area contributed by atoms with Gasteiger partial charge in [0.2, 0.25) is 0 Å². The van der Waals surface area contributed by atoms with Crippen molar-refractivity contribution in [2.24, 2.45) is 0 Å². The summed E-state index contributed by atoms with van der Waals surface area (Å²) in [5, 5.41) is 6.39. The minimum absolute atomic E-state index is 0.235. The van der Waals surface area contributed by atoms with Gasteiger partial charge in [-0.3, -0.25) is 4.79 Å². The normalized spacial score (nSPS) is 10.1. The minimum atomic E-state index is -0.312. The van der Waals surface area contributed by atoms with Crippen LogP contribution < -0.4 is 10.6 Å². The Kier molecular flexibility index (Phi) is 4.49. The number of amides is 1. The lowest BCUT2D eigenvalue weighted by Crippen LogP contribution is -2.14. The monoisotopic (exact) mass is 324 g/mol. The van der Waals surface area contributed by atoms with Crippen LogP contribution in [0.2, 0.25) is 5.02 Å². The molecule has 2 N–H and O–H groups in total. The molecule has 0 radical (unpaired) electrons. The van der Waals surface area contributed by atoms with Gasteiger partial charge in [0.1, 0.15) is 11.5 Å². The number of nitrogens with zero attached hydrogens (tertiary/aromatic N) is 2. The second-order valence-electron chi connectivity index (χ2n) is 4.71. The number of aromatic nitrogens is 2. The van der Waals surface area contributed by atoms with Crippen LogP contribution in [0.25, 0.3) is 0 Å². The van der Waals surface area contributed by atoms with E-state index >= 15 is 0 Å². The van der Waals surface area contributed by atoms with Crippen molar-refractivity contribution < 1.29 is 4.79 Å². The summed E-state index contributed by atoms with van der Waals surface area (Å²) in [7, 11) is 0. The molecular formula is C17H13ClN4O. The number of carbonyl (C=O) groups is 1. The van der Waals surface area contributed by atoms with Crippen molar-refractivity contribution in [3.63, 3.8) is 0 Å². The van der Waals surface area contributed by atoms with Crippen LogP contribution >= 0.6 is 11.6 Å². The topological polar surface area (TPSA) is 66.9 Å². The van der Waals surface area contributed by atoms with E-state index in [0.29, 0.717) is 16.5 Å². The highest BCUT2D eigenvalue weighted by Gasteiger charge is 2.09. The first-order chi connectivity index (χ1) is 11.2. The van der Waals surface area contributed by atoms with E-state index in [1.54, 1.807) is 18.2 Å². The van der Waals surface area contributed by atoms with E-state index in [0.717, 1.165) is 5.69 Å². The van der Waals surface area contributed by atoms with Gasteiger partial charge in [0.05, 0.1) is 23.1 Å². The van der Waals surface area contributed by atoms with Gasteiger partial charge in [-0.25, -0.2) is 9.97 Å². The maximum absolute atomic E-state index is 12.1. The highest BCUT2D eigenvalue weighted by molar-refractivity contribution is 6.33. The summed E-state index contributed by atoms with van der Waals surface area (Å²) >= 11 is 6.07. The van der Waals surface area contributed by atoms with Gasteiger partial charge in [-0.1, -0.05) is 41.9 Å². The number of halogens is 1. The molecule has 0 aliphatic heterocycles. The number of benzene rings is 2. The standard InChI is InChI=1S/C17H13ClN4O/c18-13-8-4-5-9-14(13)22-16-11-19-15(10-20-16)17(23)21-12-6-2-1-3-7-12/h1-11H,(H,20,22)(H,21,23). The van der Waals surface area contributed by atoms with Crippen molar-refractivity contribution in [2.45, 2.75) is 0 Å². The molecule has 0 bridgehead atoms. The molecule has 2 aromatic carbocycles. The Labute approximate surface area is 138 Å². The van der Waals surface area contributed by atoms with E-state index in [-0.39, 0.29) is 11.6 Å². The van der Waals surface area contributed by atoms with Gasteiger partial charge in [-0.05, 0) is 24.3 Å². The van der Waals surface area contributed by atoms with Crippen molar-refractivity contribution >= 4 is 34.7 Å². The lowest BCUT2D eigenvalue weighted by molar-refractivity contribution is 0.102. The summed E-state index contributed by atoms with van der Waals surface area (Å²) in [6.07, 6.45) is 2.90. The predicted molar refractivity (Wildman–Crippen MR) is 91.2 cm³/mol. The largest absolute Gasteiger partial charge is 0.338 e. The van der Waals surface area contributed by atoms with E-state index in [9.17, 15) is 4.79 Å². The first-order valence-corrected chi connectivity index (χ1v) is 7.30. The lowest BCUT2D eigenvalue weighted by atomic mass is 10.3. The van der Waals surface area contributed by atoms with Crippen molar-refractivity contribution in [1.29, 1.82) is 0 Å². The van der Waals surface area contributed by atoms with Gasteiger partial charge in [0, 0.05) is 5.69 Å². The van der Waals surface area contributed by atoms with Gasteiger partial charge in [-0.2, -0.15) is 0 Å². The third kappa shape index (κ3) is 3.84. The van der Waals surface area contributed by atoms with Crippen LogP contribution in [0.4, 0.5) is 17.2 Å². The van der Waals surface area contributed by atoms with Crippen LogP contribution in [0.3, 0.4) is 0 Å². The average molecular weight is 325 g/mol. The molecule has 3 rings (SSSR count). The highest BCUT2D eigenvalue weighted by atomic mass is 35.5. The van der Waals surface area contributed by atoms with E-state index in [2.05, 4.69) is 20.6 Å². The molecule has 0 unspecified atom stereocenters. The van der Waals surface area contributed by atoms with Crippen LogP contribution in [0.15, 0.2) is 67.0 Å². The maximum atomic E-state index is 12.1. The van der Waals surface area contributed by atoms with Crippen molar-refractivity contribution in [2.75, 3.05) is 10.6 Å². The van der Waals surface area contributed by atoms with E-state index in [4.69, 9.17) is 11.6 Å². The van der Waals surface area contributed by atoms with Crippen LogP contribution in [-0.2, 0) is 0 Å². The molecule has 5 nitrogen and oxygen atoms in total. The third-order valence-electron chi connectivity index (χ3n) is 3.05. The number of hydrogen-bond acceptors (Lipinski definition) is 4. The summed E-state index contributed by atoms with van der Waals surface area (Å²) in [6, 6.07) is 16.5. The zero-order chi connectivity index (χ0) is 16.1. The Balaban J connectivity index is 1.69. The SMILES string of the molecule is O=C(Nc1ccccc1)c1cnc(Nc2ccccc2Cl)cn1. The summed E-state index contributed by atoms with van der Waals surface area (Å²) in [5.41, 5.74) is 1.67. The van der Waals surface area contributed by atoms with Crippen LogP contribution in [0, 0.1) is 0 Å². The molecule has 114 valence electrons. The third-order valence-corrected chi connectivity index (χ3v) is 3.38. The van der Waals surface area contributed by atoms with Gasteiger partial charge in [0.15, 0.2) is 0 Å². The first-order valence-electron chi connectivity index (χ1n) is 6.92. The minimum Gasteiger partial charge on any atom is -0.338 e. The number of rotatable bonds is 4. The second kappa shape index (κ2) is 6.89. The van der Waals surface area contributed by atoms with Crippen molar-refractivity contribution in [3.8, 4) is 0 Å². The van der Waals surface area contributed by atoms with E-state index in [1.165, 1.54) is 12.4 Å². The molecule has 0 spiro atoms. The molecular weight excluding hydrogens is 312 g/mol. The smallest absolute Gasteiger partial charge is 0.275 e. The molecule has 1 heterocycles. The zero-order valence-corrected chi connectivity index (χ0v) is 12.8.